The number of hydrogen-bond donors (Lipinski definition) is 1. The SMILES string of the molecule is CN1CCC(C(=O)N2CCN(C(=O)CO)CC2)CC1=O. The lowest BCUT2D eigenvalue weighted by Crippen LogP contribution is -2.53. The molecule has 2 rings (SSSR count). The molecule has 1 unspecified atom stereocenters. The second kappa shape index (κ2) is 6.21. The van der Waals surface area contributed by atoms with E-state index in [1.807, 2.05) is 0 Å². The zero-order valence-electron chi connectivity index (χ0n) is 11.7. The fourth-order valence-electron chi connectivity index (χ4n) is 2.69. The number of rotatable bonds is 2. The first-order chi connectivity index (χ1) is 9.52. The van der Waals surface area contributed by atoms with Gasteiger partial charge in [0.25, 0.3) is 0 Å². The van der Waals surface area contributed by atoms with Crippen LogP contribution in [0.15, 0.2) is 0 Å². The Morgan fingerprint density at radius 3 is 2.30 bits per heavy atom. The molecule has 2 saturated heterocycles. The largest absolute Gasteiger partial charge is 0.387 e. The first-order valence-electron chi connectivity index (χ1n) is 6.94. The van der Waals surface area contributed by atoms with Crippen molar-refractivity contribution in [1.29, 1.82) is 0 Å². The Balaban J connectivity index is 1.86. The predicted octanol–water partition coefficient (Wildman–Crippen LogP) is -1.48. The molecule has 2 aliphatic rings. The molecule has 7 heteroatoms. The summed E-state index contributed by atoms with van der Waals surface area (Å²) in [6.07, 6.45) is 0.988. The molecular weight excluding hydrogens is 262 g/mol. The Bertz CT molecular complexity index is 404. The van der Waals surface area contributed by atoms with E-state index < -0.39 is 6.61 Å². The van der Waals surface area contributed by atoms with Gasteiger partial charge in [-0.2, -0.15) is 0 Å². The zero-order valence-corrected chi connectivity index (χ0v) is 11.7. The summed E-state index contributed by atoms with van der Waals surface area (Å²) in [5.74, 6) is -0.489. The van der Waals surface area contributed by atoms with Gasteiger partial charge >= 0.3 is 0 Å². The maximum absolute atomic E-state index is 12.4. The van der Waals surface area contributed by atoms with E-state index in [-0.39, 0.29) is 30.1 Å². The normalized spacial score (nSPS) is 24.0. The van der Waals surface area contributed by atoms with Gasteiger partial charge in [-0.3, -0.25) is 14.4 Å². The lowest BCUT2D eigenvalue weighted by molar-refractivity contribution is -0.147. The lowest BCUT2D eigenvalue weighted by atomic mass is 9.94. The van der Waals surface area contributed by atoms with Crippen LogP contribution in [0.4, 0.5) is 0 Å². The van der Waals surface area contributed by atoms with Crippen molar-refractivity contribution in [3.63, 3.8) is 0 Å². The molecule has 0 aromatic rings. The van der Waals surface area contributed by atoms with Crippen LogP contribution in [-0.2, 0) is 14.4 Å². The van der Waals surface area contributed by atoms with Crippen molar-refractivity contribution in [2.45, 2.75) is 12.8 Å². The summed E-state index contributed by atoms with van der Waals surface area (Å²) in [4.78, 5) is 40.3. The molecule has 2 heterocycles. The third kappa shape index (κ3) is 3.09. The minimum Gasteiger partial charge on any atom is -0.387 e. The summed E-state index contributed by atoms with van der Waals surface area (Å²) >= 11 is 0. The summed E-state index contributed by atoms with van der Waals surface area (Å²) < 4.78 is 0. The minimum absolute atomic E-state index is 0.0162. The van der Waals surface area contributed by atoms with Crippen molar-refractivity contribution in [3.8, 4) is 0 Å². The average Bonchev–Trinajstić information content (AvgIpc) is 2.48. The van der Waals surface area contributed by atoms with Gasteiger partial charge in [-0.05, 0) is 6.42 Å². The van der Waals surface area contributed by atoms with Crippen LogP contribution in [0.1, 0.15) is 12.8 Å². The fraction of sp³-hybridized carbons (Fsp3) is 0.769. The second-order valence-electron chi connectivity index (χ2n) is 5.37. The molecule has 0 radical (unpaired) electrons. The van der Waals surface area contributed by atoms with Gasteiger partial charge in [0.15, 0.2) is 0 Å². The molecule has 112 valence electrons. The molecule has 2 aliphatic heterocycles. The van der Waals surface area contributed by atoms with Crippen LogP contribution in [0.3, 0.4) is 0 Å². The fourth-order valence-corrected chi connectivity index (χ4v) is 2.69. The Morgan fingerprint density at radius 1 is 1.15 bits per heavy atom. The number of nitrogens with zero attached hydrogens (tertiary/aromatic N) is 3. The molecule has 0 aliphatic carbocycles. The number of aliphatic hydroxyl groups excluding tert-OH is 1. The van der Waals surface area contributed by atoms with Gasteiger partial charge in [0, 0.05) is 52.1 Å². The number of piperazine rings is 1. The number of aliphatic hydroxyl groups is 1. The van der Waals surface area contributed by atoms with E-state index in [1.54, 1.807) is 21.7 Å². The van der Waals surface area contributed by atoms with Crippen LogP contribution in [0.2, 0.25) is 0 Å². The Hall–Kier alpha value is -1.63. The molecule has 1 atom stereocenters. The first-order valence-corrected chi connectivity index (χ1v) is 6.94. The topological polar surface area (TPSA) is 81.2 Å². The summed E-state index contributed by atoms with van der Waals surface area (Å²) in [6, 6.07) is 0. The number of piperidine rings is 1. The number of likely N-dealkylation sites (tertiary alicyclic amines) is 1. The van der Waals surface area contributed by atoms with Gasteiger partial charge in [-0.15, -0.1) is 0 Å². The van der Waals surface area contributed by atoms with Crippen LogP contribution < -0.4 is 0 Å². The van der Waals surface area contributed by atoms with Crippen molar-refractivity contribution in [2.24, 2.45) is 5.92 Å². The highest BCUT2D eigenvalue weighted by molar-refractivity contribution is 5.87. The van der Waals surface area contributed by atoms with Gasteiger partial charge in [-0.1, -0.05) is 0 Å². The predicted molar refractivity (Wildman–Crippen MR) is 70.6 cm³/mol. The smallest absolute Gasteiger partial charge is 0.248 e. The Kier molecular flexibility index (Phi) is 4.59. The molecule has 7 nitrogen and oxygen atoms in total. The highest BCUT2D eigenvalue weighted by atomic mass is 16.3. The van der Waals surface area contributed by atoms with Crippen LogP contribution in [-0.4, -0.2) is 83.9 Å². The van der Waals surface area contributed by atoms with E-state index in [0.29, 0.717) is 39.1 Å². The van der Waals surface area contributed by atoms with Gasteiger partial charge in [0.05, 0.1) is 0 Å². The van der Waals surface area contributed by atoms with Crippen LogP contribution in [0.25, 0.3) is 0 Å². The molecule has 1 N–H and O–H groups in total. The Morgan fingerprint density at radius 2 is 1.75 bits per heavy atom. The number of hydrogen-bond acceptors (Lipinski definition) is 4. The standard InChI is InChI=1S/C13H21N3O4/c1-14-3-2-10(8-11(14)18)13(20)16-6-4-15(5-7-16)12(19)9-17/h10,17H,2-9H2,1H3. The Labute approximate surface area is 118 Å². The van der Waals surface area contributed by atoms with Crippen molar-refractivity contribution in [3.05, 3.63) is 0 Å². The minimum atomic E-state index is -0.489. The molecule has 20 heavy (non-hydrogen) atoms. The van der Waals surface area contributed by atoms with Gasteiger partial charge in [-0.25, -0.2) is 0 Å². The summed E-state index contributed by atoms with van der Waals surface area (Å²) in [5.41, 5.74) is 0. The van der Waals surface area contributed by atoms with Gasteiger partial charge in [0.2, 0.25) is 17.7 Å². The van der Waals surface area contributed by atoms with Crippen molar-refractivity contribution in [1.82, 2.24) is 14.7 Å². The molecule has 0 aromatic carbocycles. The number of carbonyl (C=O) groups is 3. The van der Waals surface area contributed by atoms with Gasteiger partial charge in [0.1, 0.15) is 6.61 Å². The molecule has 0 aromatic heterocycles. The van der Waals surface area contributed by atoms with Crippen LogP contribution >= 0.6 is 0 Å². The number of carbonyl (C=O) groups excluding carboxylic acids is 3. The van der Waals surface area contributed by atoms with E-state index in [9.17, 15) is 14.4 Å². The third-order valence-electron chi connectivity index (χ3n) is 4.09. The summed E-state index contributed by atoms with van der Waals surface area (Å²) in [7, 11) is 1.75. The maximum atomic E-state index is 12.4. The molecular formula is C13H21N3O4. The van der Waals surface area contributed by atoms with Crippen LogP contribution in [0.5, 0.6) is 0 Å². The zero-order chi connectivity index (χ0) is 14.7. The average molecular weight is 283 g/mol. The third-order valence-corrected chi connectivity index (χ3v) is 4.09. The van der Waals surface area contributed by atoms with Gasteiger partial charge < -0.3 is 19.8 Å². The van der Waals surface area contributed by atoms with E-state index >= 15 is 0 Å². The summed E-state index contributed by atoms with van der Waals surface area (Å²) in [5, 5.41) is 8.81. The number of amides is 3. The van der Waals surface area contributed by atoms with Crippen molar-refractivity contribution >= 4 is 17.7 Å². The molecule has 2 fully saturated rings. The molecule has 3 amide bonds. The van der Waals surface area contributed by atoms with E-state index in [1.165, 1.54) is 0 Å². The lowest BCUT2D eigenvalue weighted by Gasteiger charge is -2.37. The molecule has 0 spiro atoms. The van der Waals surface area contributed by atoms with Crippen LogP contribution in [0, 0.1) is 5.92 Å². The van der Waals surface area contributed by atoms with E-state index in [2.05, 4.69) is 0 Å². The highest BCUT2D eigenvalue weighted by Crippen LogP contribution is 2.20. The monoisotopic (exact) mass is 283 g/mol. The van der Waals surface area contributed by atoms with Crippen molar-refractivity contribution < 1.29 is 19.5 Å². The molecule has 0 saturated carbocycles. The summed E-state index contributed by atoms with van der Waals surface area (Å²) in [6.45, 7) is 1.99. The van der Waals surface area contributed by atoms with E-state index in [4.69, 9.17) is 5.11 Å². The maximum Gasteiger partial charge on any atom is 0.248 e. The molecule has 0 bridgehead atoms. The van der Waals surface area contributed by atoms with E-state index in [0.717, 1.165) is 0 Å². The highest BCUT2D eigenvalue weighted by Gasteiger charge is 2.33. The van der Waals surface area contributed by atoms with Crippen molar-refractivity contribution in [2.75, 3.05) is 46.4 Å². The second-order valence-corrected chi connectivity index (χ2v) is 5.37. The first kappa shape index (κ1) is 14.8. The quantitative estimate of drug-likeness (QED) is 0.670.